The fourth-order valence-electron chi connectivity index (χ4n) is 2.42. The zero-order chi connectivity index (χ0) is 16.7. The molecule has 23 heavy (non-hydrogen) atoms. The van der Waals surface area contributed by atoms with Gasteiger partial charge in [0.2, 0.25) is 5.82 Å². The zero-order valence-corrected chi connectivity index (χ0v) is 12.7. The van der Waals surface area contributed by atoms with E-state index in [2.05, 4.69) is 15.4 Å². The van der Waals surface area contributed by atoms with Gasteiger partial charge in [0.15, 0.2) is 17.2 Å². The summed E-state index contributed by atoms with van der Waals surface area (Å²) in [4.78, 5) is 16.5. The predicted octanol–water partition coefficient (Wildman–Crippen LogP) is 2.60. The lowest BCUT2D eigenvalue weighted by molar-refractivity contribution is 0.374. The van der Waals surface area contributed by atoms with E-state index in [1.54, 1.807) is 20.0 Å². The van der Waals surface area contributed by atoms with E-state index in [4.69, 9.17) is 4.74 Å². The van der Waals surface area contributed by atoms with Gasteiger partial charge in [0.05, 0.1) is 18.5 Å². The number of aromatic amines is 1. The van der Waals surface area contributed by atoms with Gasteiger partial charge in [-0.3, -0.25) is 14.6 Å². The van der Waals surface area contributed by atoms with Crippen LogP contribution in [0.15, 0.2) is 23.0 Å². The van der Waals surface area contributed by atoms with Crippen LogP contribution in [0.2, 0.25) is 0 Å². The molecule has 120 valence electrons. The lowest BCUT2D eigenvalue weighted by atomic mass is 10.2. The SMILES string of the molecule is COc1c(Nc2cc(C)nc3[nH]n(C)c(=O)c23)ccc(F)c1F. The summed E-state index contributed by atoms with van der Waals surface area (Å²) in [6, 6.07) is 3.98. The Morgan fingerprint density at radius 3 is 2.74 bits per heavy atom. The maximum Gasteiger partial charge on any atom is 0.277 e. The van der Waals surface area contributed by atoms with E-state index in [0.717, 1.165) is 6.07 Å². The molecule has 6 nitrogen and oxygen atoms in total. The number of halogens is 2. The molecule has 3 aromatic rings. The number of benzene rings is 1. The maximum absolute atomic E-state index is 13.8. The highest BCUT2D eigenvalue weighted by Gasteiger charge is 2.17. The Morgan fingerprint density at radius 1 is 1.30 bits per heavy atom. The van der Waals surface area contributed by atoms with Gasteiger partial charge in [-0.05, 0) is 25.1 Å². The van der Waals surface area contributed by atoms with Crippen molar-refractivity contribution in [1.82, 2.24) is 14.8 Å². The van der Waals surface area contributed by atoms with Crippen molar-refractivity contribution in [3.8, 4) is 5.75 Å². The molecule has 0 spiro atoms. The standard InChI is InChI=1S/C15H14F2N4O2/c1-7-6-10(11-14(18-7)20-21(2)15(11)22)19-9-5-4-8(16)12(17)13(9)23-3/h4-6H,1-3H3,(H2,18,19,20). The van der Waals surface area contributed by atoms with E-state index in [1.807, 2.05) is 0 Å². The molecule has 8 heteroatoms. The molecule has 0 bridgehead atoms. The van der Waals surface area contributed by atoms with Crippen LogP contribution in [0.4, 0.5) is 20.2 Å². The molecule has 0 saturated carbocycles. The van der Waals surface area contributed by atoms with Crippen LogP contribution in [0.5, 0.6) is 5.75 Å². The lowest BCUT2D eigenvalue weighted by Crippen LogP contribution is -2.12. The third-order valence-corrected chi connectivity index (χ3v) is 3.46. The van der Waals surface area contributed by atoms with Gasteiger partial charge < -0.3 is 10.1 Å². The molecule has 0 fully saturated rings. The topological polar surface area (TPSA) is 71.9 Å². The fourth-order valence-corrected chi connectivity index (χ4v) is 2.42. The van der Waals surface area contributed by atoms with Crippen molar-refractivity contribution in [1.29, 1.82) is 0 Å². The molecule has 0 aliphatic carbocycles. The molecule has 1 aromatic carbocycles. The summed E-state index contributed by atoms with van der Waals surface area (Å²) in [5, 5.41) is 6.08. The van der Waals surface area contributed by atoms with Crippen molar-refractivity contribution in [2.45, 2.75) is 6.92 Å². The van der Waals surface area contributed by atoms with Crippen molar-refractivity contribution in [2.24, 2.45) is 7.05 Å². The van der Waals surface area contributed by atoms with Gasteiger partial charge in [0.1, 0.15) is 5.39 Å². The summed E-state index contributed by atoms with van der Waals surface area (Å²) >= 11 is 0. The second-order valence-corrected chi connectivity index (χ2v) is 5.08. The van der Waals surface area contributed by atoms with Crippen molar-refractivity contribution < 1.29 is 13.5 Å². The number of anilines is 2. The molecule has 2 N–H and O–H groups in total. The number of aryl methyl sites for hydroxylation is 2. The van der Waals surface area contributed by atoms with Gasteiger partial charge in [-0.25, -0.2) is 9.37 Å². The van der Waals surface area contributed by atoms with Gasteiger partial charge in [-0.2, -0.15) is 4.39 Å². The number of methoxy groups -OCH3 is 1. The number of pyridine rings is 1. The Bertz CT molecular complexity index is 962. The molecule has 0 atom stereocenters. The summed E-state index contributed by atoms with van der Waals surface area (Å²) in [5.41, 5.74) is 1.42. The monoisotopic (exact) mass is 320 g/mol. The highest BCUT2D eigenvalue weighted by Crippen LogP contribution is 2.33. The van der Waals surface area contributed by atoms with E-state index in [1.165, 1.54) is 17.9 Å². The summed E-state index contributed by atoms with van der Waals surface area (Å²) < 4.78 is 33.4. The Morgan fingerprint density at radius 2 is 2.04 bits per heavy atom. The Balaban J connectivity index is 2.20. The van der Waals surface area contributed by atoms with E-state index in [-0.39, 0.29) is 17.0 Å². The number of rotatable bonds is 3. The van der Waals surface area contributed by atoms with Crippen molar-refractivity contribution >= 4 is 22.4 Å². The quantitative estimate of drug-likeness (QED) is 0.778. The van der Waals surface area contributed by atoms with E-state index in [0.29, 0.717) is 22.4 Å². The fraction of sp³-hybridized carbons (Fsp3) is 0.200. The first-order chi connectivity index (χ1) is 10.9. The highest BCUT2D eigenvalue weighted by molar-refractivity contribution is 5.91. The lowest BCUT2D eigenvalue weighted by Gasteiger charge is -2.13. The summed E-state index contributed by atoms with van der Waals surface area (Å²) in [6.07, 6.45) is 0. The Labute approximate surface area is 129 Å². The van der Waals surface area contributed by atoms with E-state index >= 15 is 0 Å². The molecule has 2 heterocycles. The largest absolute Gasteiger partial charge is 0.491 e. The number of hydrogen-bond donors (Lipinski definition) is 2. The number of nitrogens with one attached hydrogen (secondary N) is 2. The minimum absolute atomic E-state index is 0.210. The zero-order valence-electron chi connectivity index (χ0n) is 12.7. The minimum atomic E-state index is -1.10. The van der Waals surface area contributed by atoms with Gasteiger partial charge in [-0.1, -0.05) is 0 Å². The highest BCUT2D eigenvalue weighted by atomic mass is 19.2. The number of ether oxygens (including phenoxy) is 1. The summed E-state index contributed by atoms with van der Waals surface area (Å²) in [7, 11) is 2.81. The number of aromatic nitrogens is 3. The third kappa shape index (κ3) is 2.41. The molecular weight excluding hydrogens is 306 g/mol. The van der Waals surface area contributed by atoms with Gasteiger partial charge >= 0.3 is 0 Å². The normalized spacial score (nSPS) is 11.0. The summed E-state index contributed by atoms with van der Waals surface area (Å²) in [5.74, 6) is -2.37. The van der Waals surface area contributed by atoms with Crippen LogP contribution in [0.25, 0.3) is 11.0 Å². The average Bonchev–Trinajstić information content (AvgIpc) is 2.78. The summed E-state index contributed by atoms with van der Waals surface area (Å²) in [6.45, 7) is 1.76. The predicted molar refractivity (Wildman–Crippen MR) is 82.3 cm³/mol. The van der Waals surface area contributed by atoms with Crippen LogP contribution in [0, 0.1) is 18.6 Å². The average molecular weight is 320 g/mol. The van der Waals surface area contributed by atoms with Crippen molar-refractivity contribution in [2.75, 3.05) is 12.4 Å². The smallest absolute Gasteiger partial charge is 0.277 e. The van der Waals surface area contributed by atoms with E-state index < -0.39 is 11.6 Å². The van der Waals surface area contributed by atoms with Crippen LogP contribution in [-0.4, -0.2) is 21.9 Å². The first-order valence-corrected chi connectivity index (χ1v) is 6.77. The van der Waals surface area contributed by atoms with Gasteiger partial charge in [-0.15, -0.1) is 0 Å². The van der Waals surface area contributed by atoms with Gasteiger partial charge in [0, 0.05) is 12.7 Å². The Hall–Kier alpha value is -2.90. The van der Waals surface area contributed by atoms with Crippen molar-refractivity contribution in [3.63, 3.8) is 0 Å². The number of nitrogens with zero attached hydrogens (tertiary/aromatic N) is 2. The Kier molecular flexibility index (Phi) is 3.51. The molecular formula is C15H14F2N4O2. The van der Waals surface area contributed by atoms with Crippen LogP contribution in [0.1, 0.15) is 5.69 Å². The molecule has 0 radical (unpaired) electrons. The molecule has 0 aliphatic heterocycles. The first kappa shape index (κ1) is 15.0. The molecule has 0 saturated heterocycles. The van der Waals surface area contributed by atoms with Crippen LogP contribution in [-0.2, 0) is 7.05 Å². The molecule has 0 unspecified atom stereocenters. The molecule has 0 amide bonds. The van der Waals surface area contributed by atoms with Crippen LogP contribution in [0.3, 0.4) is 0 Å². The molecule has 0 aliphatic rings. The first-order valence-electron chi connectivity index (χ1n) is 6.77. The third-order valence-electron chi connectivity index (χ3n) is 3.46. The van der Waals surface area contributed by atoms with Gasteiger partial charge in [0.25, 0.3) is 5.56 Å². The maximum atomic E-state index is 13.8. The minimum Gasteiger partial charge on any atom is -0.491 e. The number of H-pyrrole nitrogens is 1. The van der Waals surface area contributed by atoms with Crippen molar-refractivity contribution in [3.05, 3.63) is 45.9 Å². The van der Waals surface area contributed by atoms with Crippen LogP contribution < -0.4 is 15.6 Å². The molecule has 2 aromatic heterocycles. The number of hydrogen-bond acceptors (Lipinski definition) is 4. The number of fused-ring (bicyclic) bond motifs is 1. The second kappa shape index (κ2) is 5.38. The molecule has 3 rings (SSSR count). The van der Waals surface area contributed by atoms with E-state index in [9.17, 15) is 13.6 Å². The second-order valence-electron chi connectivity index (χ2n) is 5.08. The van der Waals surface area contributed by atoms with Crippen LogP contribution >= 0.6 is 0 Å².